The highest BCUT2D eigenvalue weighted by molar-refractivity contribution is 5.09. The number of aryl methyl sites for hydroxylation is 1. The van der Waals surface area contributed by atoms with Crippen LogP contribution in [0.15, 0.2) is 16.9 Å². The lowest BCUT2D eigenvalue weighted by Crippen LogP contribution is -2.03. The molecule has 0 fully saturated rings. The van der Waals surface area contributed by atoms with Gasteiger partial charge in [0.25, 0.3) is 0 Å². The quantitative estimate of drug-likeness (QED) is 0.583. The number of H-pyrrole nitrogens is 1. The van der Waals surface area contributed by atoms with E-state index in [0.29, 0.717) is 5.69 Å². The Hall–Kier alpha value is -1.09. The summed E-state index contributed by atoms with van der Waals surface area (Å²) in [6.45, 7) is 1.66. The highest BCUT2D eigenvalue weighted by Crippen LogP contribution is 1.91. The molecule has 1 rings (SSSR count). The number of nitrogens with one attached hydrogen (secondary N) is 1. The third-order valence-corrected chi connectivity index (χ3v) is 1.20. The molecule has 1 aromatic rings. The van der Waals surface area contributed by atoms with Gasteiger partial charge in [-0.25, -0.2) is 0 Å². The minimum Gasteiger partial charge on any atom is -0.390 e. The fourth-order valence-corrected chi connectivity index (χ4v) is 0.837. The maximum absolute atomic E-state index is 10.7. The zero-order valence-corrected chi connectivity index (χ0v) is 5.72. The van der Waals surface area contributed by atoms with Crippen molar-refractivity contribution in [3.05, 3.63) is 33.7 Å². The molecule has 0 aliphatic heterocycles. The maximum Gasteiger partial charge on any atom is 0.182 e. The Morgan fingerprint density at radius 3 is 2.80 bits per heavy atom. The molecule has 1 heterocycles. The molecule has 0 aliphatic rings. The van der Waals surface area contributed by atoms with Crippen molar-refractivity contribution in [2.75, 3.05) is 0 Å². The number of aliphatic hydroxyl groups is 1. The van der Waals surface area contributed by atoms with Crippen molar-refractivity contribution in [1.82, 2.24) is 4.98 Å². The molecule has 0 amide bonds. The zero-order valence-electron chi connectivity index (χ0n) is 5.72. The smallest absolute Gasteiger partial charge is 0.182 e. The molecule has 0 aromatic carbocycles. The van der Waals surface area contributed by atoms with Crippen LogP contribution >= 0.6 is 0 Å². The van der Waals surface area contributed by atoms with E-state index < -0.39 is 0 Å². The van der Waals surface area contributed by atoms with Gasteiger partial charge < -0.3 is 10.1 Å². The molecule has 0 atom stereocenters. The maximum atomic E-state index is 10.7. The predicted octanol–water partition coefficient (Wildman–Crippen LogP) is 0.176. The van der Waals surface area contributed by atoms with Gasteiger partial charge in [0.15, 0.2) is 5.43 Å². The normalized spacial score (nSPS) is 9.80. The van der Waals surface area contributed by atoms with Gasteiger partial charge in [-0.1, -0.05) is 0 Å². The lowest BCUT2D eigenvalue weighted by molar-refractivity contribution is 0.276. The molecule has 0 saturated heterocycles. The van der Waals surface area contributed by atoms with Crippen molar-refractivity contribution >= 4 is 0 Å². The monoisotopic (exact) mass is 139 g/mol. The Kier molecular flexibility index (Phi) is 1.87. The summed E-state index contributed by atoms with van der Waals surface area (Å²) >= 11 is 0. The first-order valence-electron chi connectivity index (χ1n) is 3.03. The zero-order chi connectivity index (χ0) is 7.56. The summed E-state index contributed by atoms with van der Waals surface area (Å²) in [7, 11) is 0. The summed E-state index contributed by atoms with van der Waals surface area (Å²) in [4.78, 5) is 13.6. The van der Waals surface area contributed by atoms with Gasteiger partial charge in [0.05, 0.1) is 6.61 Å². The van der Waals surface area contributed by atoms with Gasteiger partial charge >= 0.3 is 0 Å². The standard InChI is InChI=1S/C7H9NO2/c1-5-2-7(10)3-6(4-9)8-5/h2-3,9H,4H2,1H3,(H,8,10). The summed E-state index contributed by atoms with van der Waals surface area (Å²) in [5.74, 6) is 0. The lowest BCUT2D eigenvalue weighted by Gasteiger charge is -1.96. The first-order valence-corrected chi connectivity index (χ1v) is 3.03. The van der Waals surface area contributed by atoms with Crippen molar-refractivity contribution in [3.63, 3.8) is 0 Å². The van der Waals surface area contributed by atoms with E-state index in [4.69, 9.17) is 5.11 Å². The highest BCUT2D eigenvalue weighted by atomic mass is 16.3. The third kappa shape index (κ3) is 1.45. The van der Waals surface area contributed by atoms with Crippen molar-refractivity contribution in [1.29, 1.82) is 0 Å². The third-order valence-electron chi connectivity index (χ3n) is 1.20. The van der Waals surface area contributed by atoms with Crippen LogP contribution in [0.1, 0.15) is 11.4 Å². The predicted molar refractivity (Wildman–Crippen MR) is 37.7 cm³/mol. The molecule has 3 nitrogen and oxygen atoms in total. The van der Waals surface area contributed by atoms with E-state index in [1.807, 2.05) is 0 Å². The minimum absolute atomic E-state index is 0.0692. The van der Waals surface area contributed by atoms with Crippen LogP contribution in [0.25, 0.3) is 0 Å². The summed E-state index contributed by atoms with van der Waals surface area (Å²) in [6, 6.07) is 2.87. The van der Waals surface area contributed by atoms with Crippen LogP contribution < -0.4 is 5.43 Å². The molecule has 0 spiro atoms. The molecular weight excluding hydrogens is 130 g/mol. The number of aromatic nitrogens is 1. The SMILES string of the molecule is Cc1cc(=O)cc(CO)[nH]1. The summed E-state index contributed by atoms with van der Waals surface area (Å²) in [6.07, 6.45) is 0. The van der Waals surface area contributed by atoms with E-state index in [1.165, 1.54) is 12.1 Å². The van der Waals surface area contributed by atoms with Gasteiger partial charge in [0, 0.05) is 23.5 Å². The number of rotatable bonds is 1. The molecule has 2 N–H and O–H groups in total. The molecular formula is C7H9NO2. The number of aliphatic hydroxyl groups excluding tert-OH is 1. The number of hydrogen-bond donors (Lipinski definition) is 2. The van der Waals surface area contributed by atoms with Crippen molar-refractivity contribution < 1.29 is 5.11 Å². The Balaban J connectivity index is 3.19. The Morgan fingerprint density at radius 2 is 2.30 bits per heavy atom. The van der Waals surface area contributed by atoms with E-state index in [1.54, 1.807) is 6.92 Å². The minimum atomic E-state index is -0.114. The molecule has 0 aliphatic carbocycles. The van der Waals surface area contributed by atoms with Crippen LogP contribution in [-0.2, 0) is 6.61 Å². The van der Waals surface area contributed by atoms with E-state index >= 15 is 0 Å². The summed E-state index contributed by atoms with van der Waals surface area (Å²) < 4.78 is 0. The average molecular weight is 139 g/mol. The molecule has 0 radical (unpaired) electrons. The molecule has 0 bridgehead atoms. The van der Waals surface area contributed by atoms with Crippen molar-refractivity contribution in [2.45, 2.75) is 13.5 Å². The fraction of sp³-hybridized carbons (Fsp3) is 0.286. The second-order valence-corrected chi connectivity index (χ2v) is 2.18. The van der Waals surface area contributed by atoms with Gasteiger partial charge in [0.1, 0.15) is 0 Å². The Morgan fingerprint density at radius 1 is 1.60 bits per heavy atom. The topological polar surface area (TPSA) is 53.1 Å². The van der Waals surface area contributed by atoms with Gasteiger partial charge in [0.2, 0.25) is 0 Å². The summed E-state index contributed by atoms with van der Waals surface area (Å²) in [5, 5.41) is 8.62. The largest absolute Gasteiger partial charge is 0.390 e. The highest BCUT2D eigenvalue weighted by Gasteiger charge is 1.91. The summed E-state index contributed by atoms with van der Waals surface area (Å²) in [5.41, 5.74) is 1.27. The van der Waals surface area contributed by atoms with E-state index in [0.717, 1.165) is 5.69 Å². The van der Waals surface area contributed by atoms with Gasteiger partial charge in [-0.3, -0.25) is 4.79 Å². The Labute approximate surface area is 58.3 Å². The van der Waals surface area contributed by atoms with E-state index in [-0.39, 0.29) is 12.0 Å². The molecule has 0 unspecified atom stereocenters. The van der Waals surface area contributed by atoms with Crippen LogP contribution in [0.4, 0.5) is 0 Å². The van der Waals surface area contributed by atoms with Gasteiger partial charge in [-0.05, 0) is 6.92 Å². The van der Waals surface area contributed by atoms with Gasteiger partial charge in [-0.15, -0.1) is 0 Å². The van der Waals surface area contributed by atoms with Crippen LogP contribution in [0.2, 0.25) is 0 Å². The molecule has 1 aromatic heterocycles. The lowest BCUT2D eigenvalue weighted by atomic mass is 10.3. The number of hydrogen-bond acceptors (Lipinski definition) is 2. The number of aromatic amines is 1. The molecule has 10 heavy (non-hydrogen) atoms. The first-order chi connectivity index (χ1) is 4.72. The molecule has 54 valence electrons. The first kappa shape index (κ1) is 7.02. The average Bonchev–Trinajstić information content (AvgIpc) is 1.85. The van der Waals surface area contributed by atoms with Crippen molar-refractivity contribution in [2.24, 2.45) is 0 Å². The van der Waals surface area contributed by atoms with E-state index in [2.05, 4.69) is 4.98 Å². The van der Waals surface area contributed by atoms with Crippen LogP contribution in [-0.4, -0.2) is 10.1 Å². The van der Waals surface area contributed by atoms with E-state index in [9.17, 15) is 4.79 Å². The molecule has 3 heteroatoms. The van der Waals surface area contributed by atoms with Crippen molar-refractivity contribution in [3.8, 4) is 0 Å². The fourth-order valence-electron chi connectivity index (χ4n) is 0.837. The Bertz CT molecular complexity index is 277. The van der Waals surface area contributed by atoms with Crippen LogP contribution in [0, 0.1) is 6.92 Å². The second-order valence-electron chi connectivity index (χ2n) is 2.18. The van der Waals surface area contributed by atoms with Crippen LogP contribution in [0.3, 0.4) is 0 Å². The van der Waals surface area contributed by atoms with Crippen LogP contribution in [0.5, 0.6) is 0 Å². The second kappa shape index (κ2) is 2.66. The molecule has 0 saturated carbocycles. The number of pyridine rings is 1. The van der Waals surface area contributed by atoms with Gasteiger partial charge in [-0.2, -0.15) is 0 Å².